The van der Waals surface area contributed by atoms with Crippen molar-refractivity contribution in [2.24, 2.45) is 10.2 Å². The maximum absolute atomic E-state index is 12.4. The molecule has 1 aromatic heterocycles. The first-order valence-corrected chi connectivity index (χ1v) is 16.3. The standard InChI is InChI=1S/C23H17ClN8O10S3.2Na/c1-3-43(34,35)11-4-7-16(42-2)15(8-11)31-32-18-17(44(36,37)38)9-13-12(19(18)33)5-6-14(20(13)45(39,40)41)27-23-29-21(24)28-22(30-23)26-10-25;;/h3-9,33H,1H2,2H3,(H,36,37,38)(H,39,40,41)(H2,26,27,28,29,30);;/q;2*+1/p-2. The molecule has 4 rings (SSSR count). The second-order valence-electron chi connectivity index (χ2n) is 8.38. The minimum absolute atomic E-state index is 0. The molecule has 0 saturated carbocycles. The molecule has 47 heavy (non-hydrogen) atoms. The number of halogens is 1. The van der Waals surface area contributed by atoms with Crippen molar-refractivity contribution in [2.75, 3.05) is 17.7 Å². The molecule has 18 nitrogen and oxygen atoms in total. The first-order valence-electron chi connectivity index (χ1n) is 11.6. The van der Waals surface area contributed by atoms with Gasteiger partial charge < -0.3 is 24.3 Å². The van der Waals surface area contributed by atoms with E-state index in [2.05, 4.69) is 42.4 Å². The number of nitrogens with one attached hydrogen (secondary N) is 2. The van der Waals surface area contributed by atoms with E-state index in [4.69, 9.17) is 21.6 Å². The number of hydrogen-bond acceptors (Lipinski definition) is 18. The maximum Gasteiger partial charge on any atom is 1.00 e. The van der Waals surface area contributed by atoms with Gasteiger partial charge in [0, 0.05) is 16.2 Å². The van der Waals surface area contributed by atoms with Crippen LogP contribution in [0.25, 0.3) is 10.8 Å². The number of fused-ring (bicyclic) bond motifs is 1. The third-order valence-corrected chi connectivity index (χ3v) is 8.99. The number of benzene rings is 3. The van der Waals surface area contributed by atoms with Gasteiger partial charge in [0.1, 0.15) is 37.4 Å². The Hall–Kier alpha value is -2.98. The van der Waals surface area contributed by atoms with Crippen molar-refractivity contribution >= 4 is 81.4 Å². The van der Waals surface area contributed by atoms with Crippen LogP contribution < -0.4 is 74.5 Å². The van der Waals surface area contributed by atoms with Gasteiger partial charge in [0.25, 0.3) is 0 Å². The number of sulfone groups is 1. The number of anilines is 3. The summed E-state index contributed by atoms with van der Waals surface area (Å²) in [7, 11) is -13.8. The summed E-state index contributed by atoms with van der Waals surface area (Å²) in [6.07, 6.45) is 1.53. The summed E-state index contributed by atoms with van der Waals surface area (Å²) in [4.78, 5) is 8.36. The summed E-state index contributed by atoms with van der Waals surface area (Å²) >= 11 is 5.79. The monoisotopic (exact) mass is 740 g/mol. The van der Waals surface area contributed by atoms with Gasteiger partial charge in [-0.1, -0.05) is 6.58 Å². The molecule has 0 radical (unpaired) electrons. The minimum Gasteiger partial charge on any atom is -0.744 e. The van der Waals surface area contributed by atoms with E-state index in [0.717, 1.165) is 24.3 Å². The van der Waals surface area contributed by atoms with Crippen molar-refractivity contribution in [2.45, 2.75) is 14.7 Å². The van der Waals surface area contributed by atoms with E-state index < -0.39 is 79.0 Å². The minimum atomic E-state index is -5.57. The molecule has 234 valence electrons. The van der Waals surface area contributed by atoms with Crippen molar-refractivity contribution in [1.82, 2.24) is 15.0 Å². The fourth-order valence-corrected chi connectivity index (χ4v) is 6.15. The van der Waals surface area contributed by atoms with Gasteiger partial charge in [0.15, 0.2) is 21.8 Å². The molecule has 4 aromatic rings. The second kappa shape index (κ2) is 15.5. The third kappa shape index (κ3) is 8.93. The molecule has 0 aliphatic carbocycles. The van der Waals surface area contributed by atoms with Crippen LogP contribution >= 0.6 is 11.6 Å². The molecular formula is C23H15ClN8Na2O10S3. The summed E-state index contributed by atoms with van der Waals surface area (Å²) in [5.41, 5.74) is -1.79. The molecule has 3 N–H and O–H groups in total. The quantitative estimate of drug-likeness (QED) is 0.0486. The van der Waals surface area contributed by atoms with Crippen LogP contribution in [0.5, 0.6) is 11.5 Å². The summed E-state index contributed by atoms with van der Waals surface area (Å²) < 4.78 is 104. The zero-order valence-corrected chi connectivity index (χ0v) is 31.4. The van der Waals surface area contributed by atoms with E-state index in [1.54, 1.807) is 0 Å². The predicted molar refractivity (Wildman–Crippen MR) is 153 cm³/mol. The fraction of sp³-hybridized carbons (Fsp3) is 0.0435. The van der Waals surface area contributed by atoms with Crippen molar-refractivity contribution in [1.29, 1.82) is 5.26 Å². The van der Waals surface area contributed by atoms with Crippen molar-refractivity contribution < 1.29 is 103 Å². The molecule has 0 fully saturated rings. The van der Waals surface area contributed by atoms with E-state index in [1.807, 2.05) is 0 Å². The van der Waals surface area contributed by atoms with Gasteiger partial charge >= 0.3 is 59.1 Å². The van der Waals surface area contributed by atoms with E-state index >= 15 is 0 Å². The number of hydrogen-bond donors (Lipinski definition) is 3. The number of rotatable bonds is 10. The Balaban J connectivity index is 0.00000384. The Morgan fingerprint density at radius 3 is 2.21 bits per heavy atom. The fourth-order valence-electron chi connectivity index (χ4n) is 3.81. The van der Waals surface area contributed by atoms with Gasteiger partial charge in [-0.25, -0.2) is 25.3 Å². The maximum atomic E-state index is 12.4. The zero-order valence-electron chi connectivity index (χ0n) is 24.2. The van der Waals surface area contributed by atoms with Crippen molar-refractivity contribution in [3.05, 3.63) is 53.7 Å². The van der Waals surface area contributed by atoms with Crippen LogP contribution in [0.15, 0.2) is 73.3 Å². The number of nitriles is 1. The number of methoxy groups -OCH3 is 1. The van der Waals surface area contributed by atoms with Gasteiger partial charge in [0.05, 0.1) is 27.5 Å². The molecule has 3 aromatic carbocycles. The molecule has 0 amide bonds. The largest absolute Gasteiger partial charge is 1.00 e. The predicted octanol–water partition coefficient (Wildman–Crippen LogP) is -2.82. The van der Waals surface area contributed by atoms with Gasteiger partial charge in [-0.05, 0) is 48.0 Å². The van der Waals surface area contributed by atoms with Crippen LogP contribution in [0.3, 0.4) is 0 Å². The molecular weight excluding hydrogens is 726 g/mol. The topological polar surface area (TPSA) is 289 Å². The number of ether oxygens (including phenoxy) is 1. The number of azo groups is 1. The third-order valence-electron chi connectivity index (χ3n) is 5.68. The first kappa shape index (κ1) is 40.2. The van der Waals surface area contributed by atoms with Crippen molar-refractivity contribution in [3.8, 4) is 17.7 Å². The van der Waals surface area contributed by atoms with E-state index in [-0.39, 0.29) is 81.4 Å². The normalized spacial score (nSPS) is 11.6. The summed E-state index contributed by atoms with van der Waals surface area (Å²) in [6, 6.07) is 5.86. The molecule has 0 aliphatic heterocycles. The van der Waals surface area contributed by atoms with Crippen LogP contribution in [0.1, 0.15) is 0 Å². The van der Waals surface area contributed by atoms with Crippen LogP contribution in [-0.4, -0.2) is 61.5 Å². The smallest absolute Gasteiger partial charge is 0.744 e. The molecule has 0 aliphatic rings. The zero-order chi connectivity index (χ0) is 33.3. The average molecular weight is 741 g/mol. The SMILES string of the molecule is C=CS(=O)(=O)c1ccc(OC)c(N=Nc2c(S(=O)(=O)[O-])cc3c(S(=O)(=O)[O-])c(Nc4nc(Cl)nc(NC#N)n4)ccc3c2O)c1.[Na+].[Na+]. The molecule has 0 spiro atoms. The molecule has 0 atom stereocenters. The Kier molecular flexibility index (Phi) is 13.3. The van der Waals surface area contributed by atoms with Crippen LogP contribution in [0, 0.1) is 11.5 Å². The van der Waals surface area contributed by atoms with Crippen LogP contribution in [0.4, 0.5) is 29.0 Å². The van der Waals surface area contributed by atoms with E-state index in [0.29, 0.717) is 11.5 Å². The molecule has 24 heteroatoms. The van der Waals surface area contributed by atoms with Crippen LogP contribution in [-0.2, 0) is 30.1 Å². The van der Waals surface area contributed by atoms with Gasteiger partial charge in [-0.3, -0.25) is 5.32 Å². The number of phenolic OH excluding ortho intramolecular Hbond substituents is 1. The van der Waals surface area contributed by atoms with Crippen LogP contribution in [0.2, 0.25) is 5.28 Å². The molecule has 0 bridgehead atoms. The Labute approximate surface area is 316 Å². The Morgan fingerprint density at radius 2 is 1.64 bits per heavy atom. The second-order valence-corrected chi connectivity index (χ2v) is 13.3. The average Bonchev–Trinajstić information content (AvgIpc) is 2.95. The summed E-state index contributed by atoms with van der Waals surface area (Å²) in [6.45, 7) is 3.22. The number of aromatic hydroxyl groups is 1. The van der Waals surface area contributed by atoms with E-state index in [9.17, 15) is 39.5 Å². The Morgan fingerprint density at radius 1 is 0.979 bits per heavy atom. The molecule has 0 saturated heterocycles. The van der Waals surface area contributed by atoms with Gasteiger partial charge in [0.2, 0.25) is 17.2 Å². The molecule has 0 unspecified atom stereocenters. The van der Waals surface area contributed by atoms with E-state index in [1.165, 1.54) is 19.4 Å². The summed E-state index contributed by atoms with van der Waals surface area (Å²) in [5.74, 6) is -1.95. The van der Waals surface area contributed by atoms with Crippen molar-refractivity contribution in [3.63, 3.8) is 0 Å². The number of aromatic nitrogens is 3. The Bertz CT molecular complexity index is 2300. The molecule has 1 heterocycles. The van der Waals surface area contributed by atoms with Gasteiger partial charge in [-0.2, -0.15) is 20.2 Å². The van der Waals surface area contributed by atoms with Gasteiger partial charge in [-0.15, -0.1) is 10.2 Å². The number of phenols is 1. The first-order chi connectivity index (χ1) is 21.0. The summed E-state index contributed by atoms with van der Waals surface area (Å²) in [5, 5.41) is 30.7. The number of nitrogens with zero attached hydrogens (tertiary/aromatic N) is 6.